The second-order valence-electron chi connectivity index (χ2n) is 6.58. The van der Waals surface area contributed by atoms with E-state index in [1.54, 1.807) is 60.7 Å². The summed E-state index contributed by atoms with van der Waals surface area (Å²) in [5, 5.41) is 0. The second kappa shape index (κ2) is 9.21. The summed E-state index contributed by atoms with van der Waals surface area (Å²) < 4.78 is 29.2. The van der Waals surface area contributed by atoms with E-state index in [1.165, 1.54) is 0 Å². The van der Waals surface area contributed by atoms with Crippen LogP contribution in [0.3, 0.4) is 0 Å². The van der Waals surface area contributed by atoms with E-state index in [0.717, 1.165) is 11.1 Å². The van der Waals surface area contributed by atoms with Gasteiger partial charge in [0.15, 0.2) is 0 Å². The molecule has 0 aromatic heterocycles. The van der Waals surface area contributed by atoms with Crippen molar-refractivity contribution in [2.24, 2.45) is 4.36 Å². The molecule has 4 nitrogen and oxygen atoms in total. The predicted molar refractivity (Wildman–Crippen MR) is 124 cm³/mol. The van der Waals surface area contributed by atoms with E-state index in [1.807, 2.05) is 48.5 Å². The molecule has 152 valence electrons. The molecule has 0 saturated heterocycles. The van der Waals surface area contributed by atoms with Crippen molar-refractivity contribution < 1.29 is 12.6 Å². The number of hydrogen-bond donors (Lipinski definition) is 0. The summed E-state index contributed by atoms with van der Waals surface area (Å²) in [6, 6.07) is 32.8. The zero-order valence-electron chi connectivity index (χ0n) is 16.5. The first-order valence-electron chi connectivity index (χ1n) is 9.57. The summed E-state index contributed by atoms with van der Waals surface area (Å²) in [4.78, 5) is 0. The van der Waals surface area contributed by atoms with Gasteiger partial charge in [0.2, 0.25) is 0 Å². The summed E-state index contributed by atoms with van der Waals surface area (Å²) in [6.45, 7) is 0. The third-order valence-electron chi connectivity index (χ3n) is 4.36. The molecule has 0 spiro atoms. The molecule has 0 unspecified atom stereocenters. The van der Waals surface area contributed by atoms with Crippen molar-refractivity contribution in [3.8, 4) is 35.0 Å². The number of rotatable bonds is 6. The molecule has 5 heteroatoms. The zero-order valence-corrected chi connectivity index (χ0v) is 17.4. The van der Waals surface area contributed by atoms with Crippen molar-refractivity contribution >= 4 is 16.0 Å². The predicted octanol–water partition coefficient (Wildman–Crippen LogP) is 6.42. The van der Waals surface area contributed by atoms with Gasteiger partial charge < -0.3 is 8.37 Å². The number of terminal acetylenes is 1. The normalized spacial score (nSPS) is 12.2. The molecule has 4 rings (SSSR count). The third-order valence-corrected chi connectivity index (χ3v) is 5.60. The van der Waals surface area contributed by atoms with Gasteiger partial charge in [-0.2, -0.15) is 4.21 Å². The molecular formula is C26H19NO3S. The Hall–Kier alpha value is -4.01. The lowest BCUT2D eigenvalue weighted by atomic mass is 10.1. The average Bonchev–Trinajstić information content (AvgIpc) is 2.81. The smallest absolute Gasteiger partial charge is 0.368 e. The van der Waals surface area contributed by atoms with E-state index < -0.39 is 10.3 Å². The molecule has 0 fully saturated rings. The molecule has 0 amide bonds. The maximum atomic E-state index is 13.6. The highest BCUT2D eigenvalue weighted by atomic mass is 32.2. The summed E-state index contributed by atoms with van der Waals surface area (Å²) in [5.41, 5.74) is 3.23. The lowest BCUT2D eigenvalue weighted by Gasteiger charge is -2.13. The van der Waals surface area contributed by atoms with E-state index >= 15 is 0 Å². The van der Waals surface area contributed by atoms with E-state index in [4.69, 9.17) is 14.8 Å². The molecule has 0 heterocycles. The van der Waals surface area contributed by atoms with Crippen LogP contribution in [0, 0.1) is 12.3 Å². The standard InChI is InChI=1S/C26H19NO3S/c1-2-21-13-17-24(18-14-21)27-31(28,29-25-11-7-4-8-12-25)30-26-19-15-23(16-20-26)22-9-5-3-6-10-22/h1,3-20H/t31-/m0/s1. The minimum atomic E-state index is -3.57. The Morgan fingerprint density at radius 1 is 0.645 bits per heavy atom. The molecule has 0 aliphatic rings. The first-order chi connectivity index (χ1) is 15.1. The maximum Gasteiger partial charge on any atom is 0.393 e. The van der Waals surface area contributed by atoms with Crippen LogP contribution < -0.4 is 8.37 Å². The van der Waals surface area contributed by atoms with Crippen LogP contribution in [-0.2, 0) is 10.3 Å². The Kier molecular flexibility index (Phi) is 6.02. The molecule has 0 aliphatic carbocycles. The molecule has 0 aliphatic heterocycles. The van der Waals surface area contributed by atoms with Crippen molar-refractivity contribution in [1.29, 1.82) is 0 Å². The Balaban J connectivity index is 1.66. The van der Waals surface area contributed by atoms with E-state index in [2.05, 4.69) is 10.3 Å². The zero-order chi connectivity index (χ0) is 21.5. The van der Waals surface area contributed by atoms with E-state index in [9.17, 15) is 4.21 Å². The number of para-hydroxylation sites is 1. The van der Waals surface area contributed by atoms with Gasteiger partial charge in [0, 0.05) is 5.56 Å². The highest BCUT2D eigenvalue weighted by Crippen LogP contribution is 2.26. The molecule has 0 N–H and O–H groups in total. The first kappa shape index (κ1) is 20.3. The number of benzene rings is 4. The van der Waals surface area contributed by atoms with Crippen LogP contribution in [0.5, 0.6) is 11.5 Å². The average molecular weight is 426 g/mol. The summed E-state index contributed by atoms with van der Waals surface area (Å²) in [6.07, 6.45) is 5.40. The fourth-order valence-electron chi connectivity index (χ4n) is 2.85. The van der Waals surface area contributed by atoms with Crippen molar-refractivity contribution in [3.63, 3.8) is 0 Å². The largest absolute Gasteiger partial charge is 0.393 e. The minimum Gasteiger partial charge on any atom is -0.368 e. The number of hydrogen-bond acceptors (Lipinski definition) is 4. The van der Waals surface area contributed by atoms with Crippen molar-refractivity contribution in [2.75, 3.05) is 0 Å². The molecule has 1 atom stereocenters. The third kappa shape index (κ3) is 5.33. The number of nitrogens with zero attached hydrogens (tertiary/aromatic N) is 1. The van der Waals surface area contributed by atoms with E-state index in [0.29, 0.717) is 22.7 Å². The van der Waals surface area contributed by atoms with Gasteiger partial charge in [0.25, 0.3) is 0 Å². The van der Waals surface area contributed by atoms with Crippen LogP contribution >= 0.6 is 0 Å². The highest BCUT2D eigenvalue weighted by molar-refractivity contribution is 7.85. The van der Waals surface area contributed by atoms with Crippen LogP contribution in [0.2, 0.25) is 0 Å². The first-order valence-corrected chi connectivity index (χ1v) is 10.9. The Bertz CT molecular complexity index is 1300. The molecule has 4 aromatic rings. The Labute approximate surface area is 182 Å². The molecular weight excluding hydrogens is 406 g/mol. The molecule has 0 saturated carbocycles. The Morgan fingerprint density at radius 2 is 1.16 bits per heavy atom. The van der Waals surface area contributed by atoms with Crippen LogP contribution in [0.15, 0.2) is 114 Å². The lowest BCUT2D eigenvalue weighted by Crippen LogP contribution is -2.16. The maximum absolute atomic E-state index is 13.6. The quantitative estimate of drug-likeness (QED) is 0.335. The molecule has 0 radical (unpaired) electrons. The summed E-state index contributed by atoms with van der Waals surface area (Å²) in [5.74, 6) is 3.31. The van der Waals surface area contributed by atoms with Gasteiger partial charge in [-0.05, 0) is 59.7 Å². The van der Waals surface area contributed by atoms with Gasteiger partial charge in [-0.15, -0.1) is 10.8 Å². The summed E-state index contributed by atoms with van der Waals surface area (Å²) >= 11 is 0. The van der Waals surface area contributed by atoms with Crippen molar-refractivity contribution in [3.05, 3.63) is 115 Å². The monoisotopic (exact) mass is 425 g/mol. The minimum absolute atomic E-state index is 0.379. The lowest BCUT2D eigenvalue weighted by molar-refractivity contribution is 0.448. The van der Waals surface area contributed by atoms with Crippen LogP contribution in [0.4, 0.5) is 5.69 Å². The molecule has 31 heavy (non-hydrogen) atoms. The fraction of sp³-hybridized carbons (Fsp3) is 0. The fourth-order valence-corrected chi connectivity index (χ4v) is 4.05. The summed E-state index contributed by atoms with van der Waals surface area (Å²) in [7, 11) is -3.57. The molecule has 0 bridgehead atoms. The van der Waals surface area contributed by atoms with Gasteiger partial charge in [-0.1, -0.05) is 66.6 Å². The van der Waals surface area contributed by atoms with Gasteiger partial charge in [-0.25, -0.2) is 0 Å². The van der Waals surface area contributed by atoms with Gasteiger partial charge in [0.05, 0.1) is 5.69 Å². The van der Waals surface area contributed by atoms with Gasteiger partial charge >= 0.3 is 10.3 Å². The van der Waals surface area contributed by atoms with Gasteiger partial charge in [0.1, 0.15) is 11.5 Å². The van der Waals surface area contributed by atoms with Crippen LogP contribution in [0.1, 0.15) is 5.56 Å². The van der Waals surface area contributed by atoms with Crippen molar-refractivity contribution in [1.82, 2.24) is 0 Å². The topological polar surface area (TPSA) is 47.9 Å². The van der Waals surface area contributed by atoms with E-state index in [-0.39, 0.29) is 0 Å². The van der Waals surface area contributed by atoms with Crippen molar-refractivity contribution in [2.45, 2.75) is 0 Å². The highest BCUT2D eigenvalue weighted by Gasteiger charge is 2.15. The second-order valence-corrected chi connectivity index (χ2v) is 7.95. The van der Waals surface area contributed by atoms with Gasteiger partial charge in [-0.3, -0.25) is 0 Å². The van der Waals surface area contributed by atoms with Crippen LogP contribution in [-0.4, -0.2) is 4.21 Å². The Morgan fingerprint density at radius 3 is 1.74 bits per heavy atom. The van der Waals surface area contributed by atoms with Crippen LogP contribution in [0.25, 0.3) is 11.1 Å². The SMILES string of the molecule is C#Cc1ccc(N=[S@](=O)(Oc2ccccc2)Oc2ccc(-c3ccccc3)cc2)cc1. The molecule has 4 aromatic carbocycles.